The van der Waals surface area contributed by atoms with E-state index in [0.29, 0.717) is 0 Å². The van der Waals surface area contributed by atoms with Crippen molar-refractivity contribution in [2.45, 2.75) is 13.0 Å². The molecule has 1 aromatic rings. The largest absolute Gasteiger partial charge is 0.480 e. The van der Waals surface area contributed by atoms with Gasteiger partial charge in [0.2, 0.25) is 0 Å². The summed E-state index contributed by atoms with van der Waals surface area (Å²) in [5.41, 5.74) is 0. The first-order valence-corrected chi connectivity index (χ1v) is 3.68. The predicted molar refractivity (Wildman–Crippen MR) is 43.3 cm³/mol. The van der Waals surface area contributed by atoms with Gasteiger partial charge in [-0.25, -0.2) is 0 Å². The fraction of sp³-hybridized carbons (Fsp3) is 0.250. The minimum absolute atomic E-state index is 0.105. The molecule has 0 aliphatic heterocycles. The lowest BCUT2D eigenvalue weighted by Crippen LogP contribution is -2.38. The SMILES string of the molecule is C[C@H](NC(=O)c1ccco1)C(=O)O. The Balaban J connectivity index is 2.56. The lowest BCUT2D eigenvalue weighted by Gasteiger charge is -2.06. The summed E-state index contributed by atoms with van der Waals surface area (Å²) < 4.78 is 4.77. The number of amides is 1. The van der Waals surface area contributed by atoms with Crippen molar-refractivity contribution in [1.82, 2.24) is 5.32 Å². The Morgan fingerprint density at radius 3 is 2.77 bits per heavy atom. The Morgan fingerprint density at radius 1 is 1.62 bits per heavy atom. The zero-order valence-electron chi connectivity index (χ0n) is 6.98. The van der Waals surface area contributed by atoms with E-state index in [1.54, 1.807) is 6.07 Å². The molecule has 0 aliphatic rings. The molecule has 0 saturated carbocycles. The number of carboxylic acid groups (broad SMARTS) is 1. The van der Waals surface area contributed by atoms with Crippen molar-refractivity contribution in [3.8, 4) is 0 Å². The molecule has 1 heterocycles. The highest BCUT2D eigenvalue weighted by molar-refractivity contribution is 5.94. The van der Waals surface area contributed by atoms with E-state index in [9.17, 15) is 9.59 Å². The number of aliphatic carboxylic acids is 1. The van der Waals surface area contributed by atoms with Crippen LogP contribution in [0.1, 0.15) is 17.5 Å². The molecule has 13 heavy (non-hydrogen) atoms. The lowest BCUT2D eigenvalue weighted by molar-refractivity contribution is -0.138. The Hall–Kier alpha value is -1.78. The molecule has 1 amide bonds. The second kappa shape index (κ2) is 3.75. The molecule has 1 aromatic heterocycles. The summed E-state index contributed by atoms with van der Waals surface area (Å²) in [4.78, 5) is 21.5. The van der Waals surface area contributed by atoms with Crippen molar-refractivity contribution >= 4 is 11.9 Å². The average Bonchev–Trinajstić information content (AvgIpc) is 2.55. The number of nitrogens with one attached hydrogen (secondary N) is 1. The van der Waals surface area contributed by atoms with Crippen molar-refractivity contribution in [2.75, 3.05) is 0 Å². The third kappa shape index (κ3) is 2.33. The normalized spacial score (nSPS) is 12.1. The fourth-order valence-corrected chi connectivity index (χ4v) is 0.737. The van der Waals surface area contributed by atoms with Crippen LogP contribution in [0.15, 0.2) is 22.8 Å². The molecule has 0 radical (unpaired) electrons. The van der Waals surface area contributed by atoms with Crippen LogP contribution >= 0.6 is 0 Å². The predicted octanol–water partition coefficient (Wildman–Crippen LogP) is 0.483. The smallest absolute Gasteiger partial charge is 0.325 e. The molecule has 70 valence electrons. The molecule has 0 spiro atoms. The monoisotopic (exact) mass is 183 g/mol. The van der Waals surface area contributed by atoms with Crippen LogP contribution in [0, 0.1) is 0 Å². The molecule has 0 aliphatic carbocycles. The summed E-state index contributed by atoms with van der Waals surface area (Å²) in [5, 5.41) is 10.7. The van der Waals surface area contributed by atoms with Gasteiger partial charge in [0.1, 0.15) is 6.04 Å². The molecule has 0 unspecified atom stereocenters. The summed E-state index contributed by atoms with van der Waals surface area (Å²) in [7, 11) is 0. The van der Waals surface area contributed by atoms with Crippen LogP contribution in [0.4, 0.5) is 0 Å². The molecule has 0 fully saturated rings. The number of furan rings is 1. The van der Waals surface area contributed by atoms with Gasteiger partial charge >= 0.3 is 5.97 Å². The van der Waals surface area contributed by atoms with Crippen LogP contribution in [0.5, 0.6) is 0 Å². The van der Waals surface area contributed by atoms with Crippen molar-refractivity contribution < 1.29 is 19.1 Å². The van der Waals surface area contributed by atoms with Gasteiger partial charge in [0, 0.05) is 0 Å². The summed E-state index contributed by atoms with van der Waals surface area (Å²) in [6.45, 7) is 1.38. The van der Waals surface area contributed by atoms with E-state index < -0.39 is 17.9 Å². The third-order valence-electron chi connectivity index (χ3n) is 1.46. The topological polar surface area (TPSA) is 79.5 Å². The maximum absolute atomic E-state index is 11.2. The first-order valence-electron chi connectivity index (χ1n) is 3.68. The highest BCUT2D eigenvalue weighted by Crippen LogP contribution is 1.99. The molecular formula is C8H9NO4. The fourth-order valence-electron chi connectivity index (χ4n) is 0.737. The molecule has 0 bridgehead atoms. The molecular weight excluding hydrogens is 174 g/mol. The molecule has 5 heteroatoms. The summed E-state index contributed by atoms with van der Waals surface area (Å²) in [6, 6.07) is 2.10. The second-order valence-corrected chi connectivity index (χ2v) is 2.51. The Bertz CT molecular complexity index is 304. The van der Waals surface area contributed by atoms with E-state index in [-0.39, 0.29) is 5.76 Å². The Morgan fingerprint density at radius 2 is 2.31 bits per heavy atom. The maximum atomic E-state index is 11.2. The van der Waals surface area contributed by atoms with E-state index in [2.05, 4.69) is 5.32 Å². The van der Waals surface area contributed by atoms with Crippen LogP contribution in [0.3, 0.4) is 0 Å². The first-order chi connectivity index (χ1) is 6.11. The van der Waals surface area contributed by atoms with E-state index in [0.717, 1.165) is 0 Å². The number of carboxylic acids is 1. The van der Waals surface area contributed by atoms with Crippen molar-refractivity contribution in [2.24, 2.45) is 0 Å². The Labute approximate surface area is 74.4 Å². The van der Waals surface area contributed by atoms with E-state index in [1.807, 2.05) is 0 Å². The van der Waals surface area contributed by atoms with Gasteiger partial charge in [-0.1, -0.05) is 0 Å². The van der Waals surface area contributed by atoms with Crippen LogP contribution in [-0.2, 0) is 4.79 Å². The first kappa shape index (κ1) is 9.31. The van der Waals surface area contributed by atoms with Gasteiger partial charge in [0.25, 0.3) is 5.91 Å². The van der Waals surface area contributed by atoms with Gasteiger partial charge in [-0.05, 0) is 19.1 Å². The van der Waals surface area contributed by atoms with Gasteiger partial charge < -0.3 is 14.8 Å². The van der Waals surface area contributed by atoms with Crippen LogP contribution in [-0.4, -0.2) is 23.0 Å². The average molecular weight is 183 g/mol. The van der Waals surface area contributed by atoms with Gasteiger partial charge in [0.15, 0.2) is 5.76 Å². The van der Waals surface area contributed by atoms with Gasteiger partial charge in [-0.15, -0.1) is 0 Å². The number of rotatable bonds is 3. The van der Waals surface area contributed by atoms with E-state index in [4.69, 9.17) is 9.52 Å². The van der Waals surface area contributed by atoms with Gasteiger partial charge in [-0.3, -0.25) is 9.59 Å². The second-order valence-electron chi connectivity index (χ2n) is 2.51. The third-order valence-corrected chi connectivity index (χ3v) is 1.46. The number of hydrogen-bond donors (Lipinski definition) is 2. The van der Waals surface area contributed by atoms with Crippen molar-refractivity contribution in [1.29, 1.82) is 0 Å². The number of hydrogen-bond acceptors (Lipinski definition) is 3. The van der Waals surface area contributed by atoms with Crippen LogP contribution < -0.4 is 5.32 Å². The molecule has 2 N–H and O–H groups in total. The van der Waals surface area contributed by atoms with Crippen LogP contribution in [0.2, 0.25) is 0 Å². The quantitative estimate of drug-likeness (QED) is 0.714. The molecule has 1 atom stereocenters. The summed E-state index contributed by atoms with van der Waals surface area (Å²) >= 11 is 0. The number of carbonyl (C=O) groups is 2. The van der Waals surface area contributed by atoms with Crippen molar-refractivity contribution in [3.05, 3.63) is 24.2 Å². The minimum Gasteiger partial charge on any atom is -0.480 e. The zero-order valence-corrected chi connectivity index (χ0v) is 6.98. The molecule has 0 saturated heterocycles. The maximum Gasteiger partial charge on any atom is 0.325 e. The molecule has 0 aromatic carbocycles. The van der Waals surface area contributed by atoms with Crippen LogP contribution in [0.25, 0.3) is 0 Å². The van der Waals surface area contributed by atoms with Crippen molar-refractivity contribution in [3.63, 3.8) is 0 Å². The van der Waals surface area contributed by atoms with E-state index >= 15 is 0 Å². The highest BCUT2D eigenvalue weighted by atomic mass is 16.4. The van der Waals surface area contributed by atoms with Gasteiger partial charge in [0.05, 0.1) is 6.26 Å². The zero-order chi connectivity index (χ0) is 9.84. The number of carbonyl (C=O) groups excluding carboxylic acids is 1. The lowest BCUT2D eigenvalue weighted by atomic mass is 10.3. The summed E-state index contributed by atoms with van der Waals surface area (Å²) in [5.74, 6) is -1.51. The molecule has 1 rings (SSSR count). The van der Waals surface area contributed by atoms with Gasteiger partial charge in [-0.2, -0.15) is 0 Å². The van der Waals surface area contributed by atoms with E-state index in [1.165, 1.54) is 19.3 Å². The minimum atomic E-state index is -1.08. The summed E-state index contributed by atoms with van der Waals surface area (Å²) in [6.07, 6.45) is 1.35. The highest BCUT2D eigenvalue weighted by Gasteiger charge is 2.16. The molecule has 5 nitrogen and oxygen atoms in total. The standard InChI is InChI=1S/C8H9NO4/c1-5(8(11)12)9-7(10)6-3-2-4-13-6/h2-5H,1H3,(H,9,10)(H,11,12)/t5-/m0/s1. The Kier molecular flexibility index (Phi) is 2.69.